The Hall–Kier alpha value is -1.32. The Labute approximate surface area is 84.0 Å². The second-order valence-corrected chi connectivity index (χ2v) is 3.22. The Morgan fingerprint density at radius 2 is 2.07 bits per heavy atom. The number of ether oxygens (including phenoxy) is 1. The highest BCUT2D eigenvalue weighted by Gasteiger charge is 1.94. The van der Waals surface area contributed by atoms with Gasteiger partial charge in [0.25, 0.3) is 0 Å². The summed E-state index contributed by atoms with van der Waals surface area (Å²) in [7, 11) is 0. The highest BCUT2D eigenvalue weighted by molar-refractivity contribution is 5.27. The van der Waals surface area contributed by atoms with Crippen LogP contribution in [0, 0.1) is 0 Å². The average molecular weight is 193 g/mol. The van der Waals surface area contributed by atoms with E-state index in [2.05, 4.69) is 12.1 Å². The fourth-order valence-corrected chi connectivity index (χ4v) is 1.00. The maximum Gasteiger partial charge on any atom is 0.119 e. The standard InChI is InChI=1S/C11H15NO2/c1-9(2)8-14-11-5-3-10(4-6-11)7-12-13/h3-6,12-13H,1,7-8H2,2H3. The number of nitrogens with one attached hydrogen (secondary N) is 1. The SMILES string of the molecule is C=C(C)COc1ccc(CNO)cc1. The number of hydrogen-bond acceptors (Lipinski definition) is 3. The Morgan fingerprint density at radius 1 is 1.43 bits per heavy atom. The Kier molecular flexibility index (Phi) is 4.16. The molecule has 0 saturated heterocycles. The average Bonchev–Trinajstić information content (AvgIpc) is 2.17. The van der Waals surface area contributed by atoms with Crippen molar-refractivity contribution in [3.63, 3.8) is 0 Å². The minimum Gasteiger partial charge on any atom is -0.489 e. The topological polar surface area (TPSA) is 41.5 Å². The van der Waals surface area contributed by atoms with Crippen LogP contribution in [0.2, 0.25) is 0 Å². The summed E-state index contributed by atoms with van der Waals surface area (Å²) in [5, 5.41) is 8.47. The van der Waals surface area contributed by atoms with Gasteiger partial charge in [0.2, 0.25) is 0 Å². The van der Waals surface area contributed by atoms with Crippen molar-refractivity contribution in [1.29, 1.82) is 0 Å². The van der Waals surface area contributed by atoms with Gasteiger partial charge in [-0.15, -0.1) is 0 Å². The van der Waals surface area contributed by atoms with Gasteiger partial charge >= 0.3 is 0 Å². The lowest BCUT2D eigenvalue weighted by molar-refractivity contribution is 0.161. The maximum atomic E-state index is 8.47. The molecule has 1 rings (SSSR count). The van der Waals surface area contributed by atoms with Gasteiger partial charge in [-0.1, -0.05) is 18.7 Å². The molecule has 3 nitrogen and oxygen atoms in total. The minimum absolute atomic E-state index is 0.445. The van der Waals surface area contributed by atoms with E-state index in [0.717, 1.165) is 16.9 Å². The Bertz CT molecular complexity index is 293. The van der Waals surface area contributed by atoms with Crippen LogP contribution in [-0.2, 0) is 6.54 Å². The van der Waals surface area contributed by atoms with Crippen molar-refractivity contribution in [2.24, 2.45) is 0 Å². The first kappa shape index (κ1) is 10.8. The van der Waals surface area contributed by atoms with Crippen LogP contribution in [0.15, 0.2) is 36.4 Å². The molecule has 0 saturated carbocycles. The zero-order valence-electron chi connectivity index (χ0n) is 8.29. The molecule has 0 spiro atoms. The summed E-state index contributed by atoms with van der Waals surface area (Å²) in [5.74, 6) is 0.815. The van der Waals surface area contributed by atoms with Crippen LogP contribution in [0.3, 0.4) is 0 Å². The number of benzene rings is 1. The van der Waals surface area contributed by atoms with Crippen LogP contribution in [0.5, 0.6) is 5.75 Å². The van der Waals surface area contributed by atoms with E-state index in [1.807, 2.05) is 31.2 Å². The largest absolute Gasteiger partial charge is 0.489 e. The Balaban J connectivity index is 2.50. The summed E-state index contributed by atoms with van der Waals surface area (Å²) in [4.78, 5) is 0. The molecule has 14 heavy (non-hydrogen) atoms. The van der Waals surface area contributed by atoms with Crippen molar-refractivity contribution in [3.8, 4) is 5.75 Å². The van der Waals surface area contributed by atoms with E-state index in [0.29, 0.717) is 13.2 Å². The molecule has 0 aliphatic rings. The summed E-state index contributed by atoms with van der Waals surface area (Å²) in [6, 6.07) is 7.54. The third kappa shape index (κ3) is 3.60. The lowest BCUT2D eigenvalue weighted by atomic mass is 10.2. The molecule has 76 valence electrons. The van der Waals surface area contributed by atoms with Crippen LogP contribution in [0.1, 0.15) is 12.5 Å². The van der Waals surface area contributed by atoms with E-state index in [9.17, 15) is 0 Å². The van der Waals surface area contributed by atoms with E-state index in [1.165, 1.54) is 0 Å². The predicted molar refractivity (Wildman–Crippen MR) is 55.4 cm³/mol. The van der Waals surface area contributed by atoms with Crippen LogP contribution in [-0.4, -0.2) is 11.8 Å². The van der Waals surface area contributed by atoms with Crippen LogP contribution >= 0.6 is 0 Å². The molecule has 0 fully saturated rings. The van der Waals surface area contributed by atoms with E-state index in [-0.39, 0.29) is 0 Å². The molecule has 0 bridgehead atoms. The highest BCUT2D eigenvalue weighted by atomic mass is 16.5. The molecule has 0 amide bonds. The number of hydroxylamine groups is 1. The maximum absolute atomic E-state index is 8.47. The van der Waals surface area contributed by atoms with E-state index in [4.69, 9.17) is 9.94 Å². The second kappa shape index (κ2) is 5.42. The monoisotopic (exact) mass is 193 g/mol. The predicted octanol–water partition coefficient (Wildman–Crippen LogP) is 2.12. The van der Waals surface area contributed by atoms with Crippen molar-refractivity contribution in [2.45, 2.75) is 13.5 Å². The highest BCUT2D eigenvalue weighted by Crippen LogP contribution is 2.12. The molecule has 0 aliphatic carbocycles. The molecule has 3 heteroatoms. The molecular formula is C11H15NO2. The Morgan fingerprint density at radius 3 is 2.57 bits per heavy atom. The van der Waals surface area contributed by atoms with Crippen molar-refractivity contribution < 1.29 is 9.94 Å². The lowest BCUT2D eigenvalue weighted by Crippen LogP contribution is -2.05. The summed E-state index contributed by atoms with van der Waals surface area (Å²) in [6.07, 6.45) is 0. The van der Waals surface area contributed by atoms with Gasteiger partial charge in [-0.3, -0.25) is 0 Å². The first-order valence-electron chi connectivity index (χ1n) is 4.45. The zero-order valence-corrected chi connectivity index (χ0v) is 8.29. The summed E-state index contributed by atoms with van der Waals surface area (Å²) < 4.78 is 5.42. The number of rotatable bonds is 5. The quantitative estimate of drug-likeness (QED) is 0.556. The molecule has 2 N–H and O–H groups in total. The molecule has 1 aromatic rings. The molecule has 0 heterocycles. The molecule has 0 aliphatic heterocycles. The molecule has 0 unspecified atom stereocenters. The van der Waals surface area contributed by atoms with Gasteiger partial charge in [0, 0.05) is 6.54 Å². The molecule has 1 aromatic carbocycles. The van der Waals surface area contributed by atoms with Crippen LogP contribution in [0.25, 0.3) is 0 Å². The minimum atomic E-state index is 0.445. The normalized spacial score (nSPS) is 9.86. The van der Waals surface area contributed by atoms with E-state index in [1.54, 1.807) is 0 Å². The summed E-state index contributed by atoms with van der Waals surface area (Å²) >= 11 is 0. The first-order chi connectivity index (χ1) is 6.72. The van der Waals surface area contributed by atoms with Crippen LogP contribution < -0.4 is 10.2 Å². The lowest BCUT2D eigenvalue weighted by Gasteiger charge is -2.06. The van der Waals surface area contributed by atoms with Gasteiger partial charge in [-0.2, -0.15) is 0 Å². The van der Waals surface area contributed by atoms with Gasteiger partial charge in [0.15, 0.2) is 0 Å². The van der Waals surface area contributed by atoms with E-state index >= 15 is 0 Å². The van der Waals surface area contributed by atoms with Gasteiger partial charge in [0.05, 0.1) is 0 Å². The van der Waals surface area contributed by atoms with E-state index < -0.39 is 0 Å². The van der Waals surface area contributed by atoms with Gasteiger partial charge in [-0.05, 0) is 30.2 Å². The van der Waals surface area contributed by atoms with Gasteiger partial charge in [-0.25, -0.2) is 5.48 Å². The van der Waals surface area contributed by atoms with Gasteiger partial charge in [0.1, 0.15) is 12.4 Å². The molecule has 0 radical (unpaired) electrons. The fourth-order valence-electron chi connectivity index (χ4n) is 1.00. The summed E-state index contributed by atoms with van der Waals surface area (Å²) in [5.41, 5.74) is 4.10. The molecule has 0 aromatic heterocycles. The van der Waals surface area contributed by atoms with Crippen LogP contribution in [0.4, 0.5) is 0 Å². The molecule has 0 atom stereocenters. The second-order valence-electron chi connectivity index (χ2n) is 3.22. The third-order valence-corrected chi connectivity index (χ3v) is 1.69. The molecular weight excluding hydrogens is 178 g/mol. The van der Waals surface area contributed by atoms with Crippen molar-refractivity contribution in [1.82, 2.24) is 5.48 Å². The first-order valence-corrected chi connectivity index (χ1v) is 4.45. The van der Waals surface area contributed by atoms with Crippen molar-refractivity contribution in [2.75, 3.05) is 6.61 Å². The fraction of sp³-hybridized carbons (Fsp3) is 0.273. The zero-order chi connectivity index (χ0) is 10.4. The smallest absolute Gasteiger partial charge is 0.119 e. The van der Waals surface area contributed by atoms with Crippen molar-refractivity contribution in [3.05, 3.63) is 42.0 Å². The van der Waals surface area contributed by atoms with Crippen molar-refractivity contribution >= 4 is 0 Å². The summed E-state index contributed by atoms with van der Waals surface area (Å²) in [6.45, 7) is 6.65. The number of hydrogen-bond donors (Lipinski definition) is 2. The van der Waals surface area contributed by atoms with Gasteiger partial charge < -0.3 is 9.94 Å². The third-order valence-electron chi connectivity index (χ3n) is 1.69.